The average molecular weight is 143 g/mol. The topological polar surface area (TPSA) is 26.3 Å². The van der Waals surface area contributed by atoms with E-state index >= 15 is 0 Å². The van der Waals surface area contributed by atoms with Gasteiger partial charge in [-0.15, -0.1) is 0 Å². The van der Waals surface area contributed by atoms with Gasteiger partial charge in [0.05, 0.1) is 7.11 Å². The van der Waals surface area contributed by atoms with Crippen molar-refractivity contribution < 1.29 is 40.8 Å². The number of hydrogen-bond acceptors (Lipinski definition) is 2. The molecule has 0 saturated heterocycles. The molecule has 0 aromatic rings. The van der Waals surface area contributed by atoms with Gasteiger partial charge in [-0.05, 0) is 6.92 Å². The number of methoxy groups -OCH3 is 1. The molecule has 0 N–H and O–H groups in total. The van der Waals surface area contributed by atoms with Crippen LogP contribution >= 0.6 is 0 Å². The van der Waals surface area contributed by atoms with E-state index in [-0.39, 0.29) is 37.2 Å². The molecule has 0 amide bonds. The van der Waals surface area contributed by atoms with Crippen LogP contribution in [0.5, 0.6) is 0 Å². The third-order valence-corrected chi connectivity index (χ3v) is 0.534. The van der Waals surface area contributed by atoms with Crippen LogP contribution in [0.3, 0.4) is 0 Å². The van der Waals surface area contributed by atoms with Crippen molar-refractivity contribution >= 4 is 5.97 Å². The van der Waals surface area contributed by atoms with Crippen LogP contribution in [0.15, 0.2) is 12.2 Å². The van der Waals surface area contributed by atoms with E-state index in [0.717, 1.165) is 0 Å². The van der Waals surface area contributed by atoms with Gasteiger partial charge in [0.25, 0.3) is 0 Å². The third-order valence-electron chi connectivity index (χ3n) is 0.534. The first-order valence-electron chi connectivity index (χ1n) is 1.92. The molecule has 0 aliphatic heterocycles. The predicted molar refractivity (Wildman–Crippen MR) is 26.8 cm³/mol. The molecule has 0 rings (SSSR count). The Morgan fingerprint density at radius 2 is 1.89 bits per heavy atom. The summed E-state index contributed by atoms with van der Waals surface area (Å²) in [5, 5.41) is 0. The largest absolute Gasteiger partial charge is 1.00 e. The molecule has 0 atom stereocenters. The van der Waals surface area contributed by atoms with Crippen LogP contribution in [-0.4, -0.2) is 13.1 Å². The molecular weight excluding hydrogens is 134 g/mol. The third kappa shape index (κ3) is 8.10. The minimum atomic E-state index is -0.347. The quantitative estimate of drug-likeness (QED) is 0.208. The minimum absolute atomic E-state index is 0. The van der Waals surface area contributed by atoms with Gasteiger partial charge in [-0.25, -0.2) is 4.79 Å². The van der Waals surface area contributed by atoms with Crippen LogP contribution in [-0.2, 0) is 9.53 Å². The van der Waals surface area contributed by atoms with Gasteiger partial charge in [0, 0.05) is 5.57 Å². The number of carbonyl (C=O) groups excluding carboxylic acids is 1. The van der Waals surface area contributed by atoms with Crippen molar-refractivity contribution in [3.63, 3.8) is 0 Å². The molecule has 0 aromatic heterocycles. The van der Waals surface area contributed by atoms with Crippen LogP contribution in [0.25, 0.3) is 0 Å². The monoisotopic (exact) mass is 142 g/mol. The Morgan fingerprint density at radius 1 is 1.56 bits per heavy atom. The normalized spacial score (nSPS) is 6.00. The smallest absolute Gasteiger partial charge is 1.00 e. The van der Waals surface area contributed by atoms with E-state index in [1.54, 1.807) is 6.92 Å². The maximum absolute atomic E-state index is 10.2. The molecule has 4 heteroatoms. The maximum Gasteiger partial charge on any atom is 1.00 e. The molecule has 0 spiro atoms. The van der Waals surface area contributed by atoms with E-state index in [9.17, 15) is 4.79 Å². The van der Waals surface area contributed by atoms with Crippen molar-refractivity contribution in [3.8, 4) is 0 Å². The van der Waals surface area contributed by atoms with E-state index in [4.69, 9.17) is 0 Å². The van der Waals surface area contributed by atoms with Gasteiger partial charge in [-0.1, -0.05) is 6.58 Å². The van der Waals surface area contributed by atoms with Gasteiger partial charge in [0.2, 0.25) is 0 Å². The molecule has 0 fully saturated rings. The summed E-state index contributed by atoms with van der Waals surface area (Å²) in [4.78, 5) is 10.2. The summed E-state index contributed by atoms with van der Waals surface area (Å²) in [7, 11) is 1.33. The summed E-state index contributed by atoms with van der Waals surface area (Å²) < 4.78 is 4.27. The number of halogens is 1. The first kappa shape index (κ1) is 16.0. The van der Waals surface area contributed by atoms with E-state index < -0.39 is 0 Å². The first-order valence-corrected chi connectivity index (χ1v) is 1.92. The van der Waals surface area contributed by atoms with E-state index in [0.29, 0.717) is 5.57 Å². The fraction of sp³-hybridized carbons (Fsp3) is 0.400. The van der Waals surface area contributed by atoms with Crippen LogP contribution in [0.4, 0.5) is 0 Å². The fourth-order valence-electron chi connectivity index (χ4n) is 0.174. The van der Waals surface area contributed by atoms with Gasteiger partial charge in [-0.3, -0.25) is 0 Å². The second-order valence-electron chi connectivity index (χ2n) is 1.27. The number of esters is 1. The molecule has 48 valence electrons. The molecule has 0 aliphatic carbocycles. The maximum atomic E-state index is 10.2. The molecule has 0 radical (unpaired) electrons. The zero-order valence-electron chi connectivity index (χ0n) is 5.90. The van der Waals surface area contributed by atoms with Crippen molar-refractivity contribution in [3.05, 3.63) is 12.2 Å². The molecule has 0 bridgehead atoms. The van der Waals surface area contributed by atoms with Gasteiger partial charge >= 0.3 is 24.8 Å². The summed E-state index contributed by atoms with van der Waals surface area (Å²) in [5.41, 5.74) is 0.433. The Hall–Kier alpha value is 0.0974. The standard InChI is InChI=1S/C5H8O2.ClH.Li/c1-4(2)5(6)7-3;;/h1H2,2-3H3;1H;/q;;+1/p-1. The van der Waals surface area contributed by atoms with Gasteiger partial charge in [-0.2, -0.15) is 0 Å². The molecule has 9 heavy (non-hydrogen) atoms. The Morgan fingerprint density at radius 3 is 1.89 bits per heavy atom. The van der Waals surface area contributed by atoms with Crippen LogP contribution in [0.2, 0.25) is 0 Å². The van der Waals surface area contributed by atoms with Crippen molar-refractivity contribution in [1.82, 2.24) is 0 Å². The van der Waals surface area contributed by atoms with Crippen molar-refractivity contribution in [2.45, 2.75) is 6.92 Å². The summed E-state index contributed by atoms with van der Waals surface area (Å²) in [6, 6.07) is 0. The number of ether oxygens (including phenoxy) is 1. The zero-order valence-corrected chi connectivity index (χ0v) is 6.66. The van der Waals surface area contributed by atoms with Gasteiger partial charge in [0.1, 0.15) is 0 Å². The number of hydrogen-bond donors (Lipinski definition) is 0. The second kappa shape index (κ2) is 8.10. The van der Waals surface area contributed by atoms with Crippen molar-refractivity contribution in [1.29, 1.82) is 0 Å². The van der Waals surface area contributed by atoms with Gasteiger partial charge in [0.15, 0.2) is 0 Å². The van der Waals surface area contributed by atoms with E-state index in [2.05, 4.69) is 11.3 Å². The minimum Gasteiger partial charge on any atom is -1.00 e. The Bertz CT molecular complexity index is 103. The SMILES string of the molecule is C=C(C)C(=O)OC.[Cl-].[Li+]. The Balaban J connectivity index is -0.000000180. The van der Waals surface area contributed by atoms with E-state index in [1.165, 1.54) is 7.11 Å². The number of rotatable bonds is 1. The molecule has 0 aromatic carbocycles. The van der Waals surface area contributed by atoms with Crippen LogP contribution in [0, 0.1) is 0 Å². The molecule has 0 saturated carbocycles. The zero-order chi connectivity index (χ0) is 5.86. The fourth-order valence-corrected chi connectivity index (χ4v) is 0.174. The van der Waals surface area contributed by atoms with Crippen molar-refractivity contribution in [2.75, 3.05) is 7.11 Å². The Labute approximate surface area is 73.2 Å². The molecule has 0 aliphatic rings. The second-order valence-corrected chi connectivity index (χ2v) is 1.27. The molecule has 2 nitrogen and oxygen atoms in total. The molecular formula is C5H8ClLiO2. The van der Waals surface area contributed by atoms with Crippen molar-refractivity contribution in [2.24, 2.45) is 0 Å². The number of carbonyl (C=O) groups is 1. The summed E-state index contributed by atoms with van der Waals surface area (Å²) >= 11 is 0. The summed E-state index contributed by atoms with van der Waals surface area (Å²) in [5.74, 6) is -0.347. The Kier molecular flexibility index (Phi) is 14.4. The molecule has 0 heterocycles. The molecule has 0 unspecified atom stereocenters. The van der Waals surface area contributed by atoms with Crippen LogP contribution in [0.1, 0.15) is 6.92 Å². The van der Waals surface area contributed by atoms with Gasteiger partial charge < -0.3 is 17.1 Å². The van der Waals surface area contributed by atoms with Crippen LogP contribution < -0.4 is 31.3 Å². The summed E-state index contributed by atoms with van der Waals surface area (Å²) in [6.07, 6.45) is 0. The predicted octanol–water partition coefficient (Wildman–Crippen LogP) is -5.26. The average Bonchev–Trinajstić information content (AvgIpc) is 1.65. The summed E-state index contributed by atoms with van der Waals surface area (Å²) in [6.45, 7) is 4.95. The van der Waals surface area contributed by atoms with E-state index in [1.807, 2.05) is 0 Å². The first-order chi connectivity index (χ1) is 3.18.